The molecule has 0 saturated carbocycles. The Morgan fingerprint density at radius 2 is 2.18 bits per heavy atom. The predicted octanol–water partition coefficient (Wildman–Crippen LogP) is 2.18. The van der Waals surface area contributed by atoms with Crippen LogP contribution in [0.4, 0.5) is 0 Å². The molecule has 0 spiro atoms. The van der Waals surface area contributed by atoms with Gasteiger partial charge in [-0.05, 0) is 30.7 Å². The second-order valence-electron chi connectivity index (χ2n) is 2.72. The SMILES string of the molecule is Cc1cc(O)c2cc[nH]c2c1. The lowest BCUT2D eigenvalue weighted by Crippen LogP contribution is -1.73. The molecule has 1 heterocycles. The predicted molar refractivity (Wildman–Crippen MR) is 44.7 cm³/mol. The van der Waals surface area contributed by atoms with Crippen LogP contribution in [-0.2, 0) is 0 Å². The van der Waals surface area contributed by atoms with Gasteiger partial charge in [0.2, 0.25) is 0 Å². The number of aryl methyl sites for hydroxylation is 1. The van der Waals surface area contributed by atoms with Crippen LogP contribution in [0.1, 0.15) is 5.56 Å². The van der Waals surface area contributed by atoms with Crippen molar-refractivity contribution in [3.05, 3.63) is 30.0 Å². The van der Waals surface area contributed by atoms with Crippen LogP contribution in [0.25, 0.3) is 10.9 Å². The maximum absolute atomic E-state index is 9.42. The van der Waals surface area contributed by atoms with Crippen LogP contribution in [0.2, 0.25) is 0 Å². The van der Waals surface area contributed by atoms with E-state index < -0.39 is 0 Å². The molecule has 2 rings (SSSR count). The Morgan fingerprint density at radius 1 is 1.36 bits per heavy atom. The van der Waals surface area contributed by atoms with Gasteiger partial charge in [0.05, 0.1) is 0 Å². The van der Waals surface area contributed by atoms with Crippen LogP contribution in [-0.4, -0.2) is 10.1 Å². The summed E-state index contributed by atoms with van der Waals surface area (Å²) >= 11 is 0. The summed E-state index contributed by atoms with van der Waals surface area (Å²) in [7, 11) is 0. The standard InChI is InChI=1S/C9H9NO/c1-6-4-8-7(2-3-10-8)9(11)5-6/h2-5,10-11H,1H3. The first-order chi connectivity index (χ1) is 5.27. The van der Waals surface area contributed by atoms with E-state index in [1.807, 2.05) is 25.3 Å². The Balaban J connectivity index is 2.91. The number of hydrogen-bond donors (Lipinski definition) is 2. The van der Waals surface area contributed by atoms with Crippen LogP contribution < -0.4 is 0 Å². The summed E-state index contributed by atoms with van der Waals surface area (Å²) in [6, 6.07) is 5.63. The number of aromatic amines is 1. The van der Waals surface area contributed by atoms with E-state index in [9.17, 15) is 5.11 Å². The number of H-pyrrole nitrogens is 1. The molecule has 0 aliphatic heterocycles. The molecule has 0 unspecified atom stereocenters. The Labute approximate surface area is 64.5 Å². The fourth-order valence-corrected chi connectivity index (χ4v) is 1.29. The van der Waals surface area contributed by atoms with E-state index in [0.717, 1.165) is 16.5 Å². The highest BCUT2D eigenvalue weighted by molar-refractivity contribution is 5.86. The van der Waals surface area contributed by atoms with Crippen molar-refractivity contribution < 1.29 is 5.11 Å². The second kappa shape index (κ2) is 2.02. The summed E-state index contributed by atoms with van der Waals surface area (Å²) in [6.45, 7) is 1.96. The fourth-order valence-electron chi connectivity index (χ4n) is 1.29. The van der Waals surface area contributed by atoms with E-state index in [1.54, 1.807) is 6.07 Å². The van der Waals surface area contributed by atoms with Gasteiger partial charge in [-0.25, -0.2) is 0 Å². The van der Waals surface area contributed by atoms with Crippen molar-refractivity contribution in [1.29, 1.82) is 0 Å². The zero-order valence-electron chi connectivity index (χ0n) is 6.26. The van der Waals surface area contributed by atoms with Crippen molar-refractivity contribution in [2.45, 2.75) is 6.92 Å². The first kappa shape index (κ1) is 6.28. The van der Waals surface area contributed by atoms with E-state index >= 15 is 0 Å². The lowest BCUT2D eigenvalue weighted by Gasteiger charge is -1.96. The van der Waals surface area contributed by atoms with Crippen LogP contribution >= 0.6 is 0 Å². The Bertz CT molecular complexity index is 389. The minimum absolute atomic E-state index is 0.348. The quantitative estimate of drug-likeness (QED) is 0.588. The van der Waals surface area contributed by atoms with Crippen molar-refractivity contribution in [1.82, 2.24) is 4.98 Å². The molecule has 0 atom stereocenters. The summed E-state index contributed by atoms with van der Waals surface area (Å²) in [5, 5.41) is 10.3. The molecule has 0 fully saturated rings. The molecule has 0 bridgehead atoms. The lowest BCUT2D eigenvalue weighted by atomic mass is 10.2. The van der Waals surface area contributed by atoms with Gasteiger partial charge in [-0.1, -0.05) is 0 Å². The summed E-state index contributed by atoms with van der Waals surface area (Å²) in [5.41, 5.74) is 2.06. The minimum Gasteiger partial charge on any atom is -0.507 e. The molecule has 0 aliphatic carbocycles. The molecule has 56 valence electrons. The Morgan fingerprint density at radius 3 is 3.00 bits per heavy atom. The number of rotatable bonds is 0. The zero-order chi connectivity index (χ0) is 7.84. The van der Waals surface area contributed by atoms with Gasteiger partial charge in [0.1, 0.15) is 5.75 Å². The number of fused-ring (bicyclic) bond motifs is 1. The van der Waals surface area contributed by atoms with Crippen LogP contribution in [0.15, 0.2) is 24.4 Å². The maximum atomic E-state index is 9.42. The average Bonchev–Trinajstić information content (AvgIpc) is 2.34. The van der Waals surface area contributed by atoms with E-state index in [-0.39, 0.29) is 0 Å². The lowest BCUT2D eigenvalue weighted by molar-refractivity contribution is 0.481. The van der Waals surface area contributed by atoms with Gasteiger partial charge in [0.15, 0.2) is 0 Å². The first-order valence-corrected chi connectivity index (χ1v) is 3.54. The molecular weight excluding hydrogens is 138 g/mol. The summed E-state index contributed by atoms with van der Waals surface area (Å²) in [5.74, 6) is 0.348. The normalized spacial score (nSPS) is 10.6. The van der Waals surface area contributed by atoms with Gasteiger partial charge < -0.3 is 10.1 Å². The third-order valence-electron chi connectivity index (χ3n) is 1.79. The van der Waals surface area contributed by atoms with E-state index in [0.29, 0.717) is 5.75 Å². The molecule has 2 aromatic rings. The molecule has 11 heavy (non-hydrogen) atoms. The molecule has 2 heteroatoms. The number of phenols is 1. The van der Waals surface area contributed by atoms with Crippen molar-refractivity contribution in [3.63, 3.8) is 0 Å². The van der Waals surface area contributed by atoms with Gasteiger partial charge in [-0.15, -0.1) is 0 Å². The van der Waals surface area contributed by atoms with Gasteiger partial charge in [0, 0.05) is 17.1 Å². The Hall–Kier alpha value is -1.44. The third kappa shape index (κ3) is 0.871. The largest absolute Gasteiger partial charge is 0.507 e. The van der Waals surface area contributed by atoms with Crippen molar-refractivity contribution in [3.8, 4) is 5.75 Å². The number of benzene rings is 1. The van der Waals surface area contributed by atoms with Crippen LogP contribution in [0.5, 0.6) is 5.75 Å². The van der Waals surface area contributed by atoms with E-state index in [4.69, 9.17) is 0 Å². The number of aromatic hydroxyl groups is 1. The van der Waals surface area contributed by atoms with Gasteiger partial charge in [-0.3, -0.25) is 0 Å². The highest BCUT2D eigenvalue weighted by Gasteiger charge is 1.99. The molecular formula is C9H9NO. The topological polar surface area (TPSA) is 36.0 Å². The summed E-state index contributed by atoms with van der Waals surface area (Å²) < 4.78 is 0. The number of nitrogens with one attached hydrogen (secondary N) is 1. The molecule has 2 nitrogen and oxygen atoms in total. The van der Waals surface area contributed by atoms with E-state index in [2.05, 4.69) is 4.98 Å². The third-order valence-corrected chi connectivity index (χ3v) is 1.79. The highest BCUT2D eigenvalue weighted by atomic mass is 16.3. The second-order valence-corrected chi connectivity index (χ2v) is 2.72. The monoisotopic (exact) mass is 147 g/mol. The van der Waals surface area contributed by atoms with Gasteiger partial charge in [0.25, 0.3) is 0 Å². The number of phenolic OH excluding ortho intramolecular Hbond substituents is 1. The number of hydrogen-bond acceptors (Lipinski definition) is 1. The zero-order valence-corrected chi connectivity index (χ0v) is 6.26. The Kier molecular flexibility index (Phi) is 1.15. The summed E-state index contributed by atoms with van der Waals surface area (Å²) in [4.78, 5) is 3.04. The van der Waals surface area contributed by atoms with Crippen molar-refractivity contribution >= 4 is 10.9 Å². The molecule has 0 saturated heterocycles. The smallest absolute Gasteiger partial charge is 0.125 e. The van der Waals surface area contributed by atoms with Crippen LogP contribution in [0.3, 0.4) is 0 Å². The van der Waals surface area contributed by atoms with Gasteiger partial charge >= 0.3 is 0 Å². The first-order valence-electron chi connectivity index (χ1n) is 3.54. The average molecular weight is 147 g/mol. The molecule has 1 aromatic carbocycles. The van der Waals surface area contributed by atoms with E-state index in [1.165, 1.54) is 0 Å². The van der Waals surface area contributed by atoms with Crippen molar-refractivity contribution in [2.75, 3.05) is 0 Å². The number of aromatic nitrogens is 1. The van der Waals surface area contributed by atoms with Crippen LogP contribution in [0, 0.1) is 6.92 Å². The summed E-state index contributed by atoms with van der Waals surface area (Å²) in [6.07, 6.45) is 1.82. The molecule has 2 N–H and O–H groups in total. The van der Waals surface area contributed by atoms with Gasteiger partial charge in [-0.2, -0.15) is 0 Å². The highest BCUT2D eigenvalue weighted by Crippen LogP contribution is 2.24. The molecule has 0 amide bonds. The molecule has 0 aliphatic rings. The maximum Gasteiger partial charge on any atom is 0.125 e. The van der Waals surface area contributed by atoms with Crippen molar-refractivity contribution in [2.24, 2.45) is 0 Å². The fraction of sp³-hybridized carbons (Fsp3) is 0.111. The molecule has 1 aromatic heterocycles. The molecule has 0 radical (unpaired) electrons. The minimum atomic E-state index is 0.348.